The molecule has 0 radical (unpaired) electrons. The van der Waals surface area contributed by atoms with Crippen LogP contribution >= 0.6 is 0 Å². The highest BCUT2D eigenvalue weighted by Crippen LogP contribution is 2.47. The van der Waals surface area contributed by atoms with E-state index in [1.54, 1.807) is 7.11 Å². The van der Waals surface area contributed by atoms with Crippen LogP contribution in [0.2, 0.25) is 0 Å². The summed E-state index contributed by atoms with van der Waals surface area (Å²) in [6.45, 7) is 2.93. The maximum atomic E-state index is 5.88. The third-order valence-corrected chi connectivity index (χ3v) is 4.25. The molecule has 0 N–H and O–H groups in total. The van der Waals surface area contributed by atoms with E-state index in [-0.39, 0.29) is 5.60 Å². The Labute approximate surface area is 102 Å². The molecule has 0 saturated carbocycles. The molecule has 3 unspecified atom stereocenters. The van der Waals surface area contributed by atoms with Crippen molar-refractivity contribution in [3.05, 3.63) is 42.0 Å². The van der Waals surface area contributed by atoms with Crippen molar-refractivity contribution < 1.29 is 9.47 Å². The lowest BCUT2D eigenvalue weighted by Gasteiger charge is -2.45. The maximum Gasteiger partial charge on any atom is 0.123 e. The summed E-state index contributed by atoms with van der Waals surface area (Å²) in [5.41, 5.74) is 1.19. The minimum atomic E-state index is -0.104. The molecule has 0 bridgehead atoms. The van der Waals surface area contributed by atoms with Crippen molar-refractivity contribution in [2.24, 2.45) is 5.92 Å². The van der Waals surface area contributed by atoms with Crippen molar-refractivity contribution in [3.8, 4) is 5.75 Å². The van der Waals surface area contributed by atoms with Crippen LogP contribution in [0.25, 0.3) is 0 Å². The third kappa shape index (κ3) is 1.59. The normalized spacial score (nSPS) is 34.7. The Hall–Kier alpha value is -1.28. The minimum Gasteiger partial charge on any atom is -0.493 e. The summed E-state index contributed by atoms with van der Waals surface area (Å²) in [5.74, 6) is 1.87. The van der Waals surface area contributed by atoms with Gasteiger partial charge in [-0.05, 0) is 19.4 Å². The number of rotatable bonds is 1. The largest absolute Gasteiger partial charge is 0.493 e. The van der Waals surface area contributed by atoms with Gasteiger partial charge in [0.1, 0.15) is 5.75 Å². The lowest BCUT2D eigenvalue weighted by Crippen LogP contribution is -2.46. The van der Waals surface area contributed by atoms with E-state index in [1.807, 2.05) is 6.07 Å². The Morgan fingerprint density at radius 1 is 1.35 bits per heavy atom. The van der Waals surface area contributed by atoms with Crippen LogP contribution in [0.3, 0.4) is 0 Å². The molecule has 2 heteroatoms. The second-order valence-corrected chi connectivity index (χ2v) is 5.13. The van der Waals surface area contributed by atoms with Crippen molar-refractivity contribution in [2.75, 3.05) is 13.7 Å². The molecule has 2 aliphatic rings. The van der Waals surface area contributed by atoms with Crippen LogP contribution in [0.15, 0.2) is 36.4 Å². The smallest absolute Gasteiger partial charge is 0.123 e. The molecule has 17 heavy (non-hydrogen) atoms. The first kappa shape index (κ1) is 10.8. The Balaban J connectivity index is 2.05. The first-order valence-electron chi connectivity index (χ1n) is 6.18. The quantitative estimate of drug-likeness (QED) is 0.690. The van der Waals surface area contributed by atoms with E-state index < -0.39 is 0 Å². The fraction of sp³-hybridized carbons (Fsp3) is 0.467. The van der Waals surface area contributed by atoms with E-state index in [0.29, 0.717) is 11.8 Å². The van der Waals surface area contributed by atoms with Gasteiger partial charge in [0, 0.05) is 24.5 Å². The fourth-order valence-electron chi connectivity index (χ4n) is 3.02. The second-order valence-electron chi connectivity index (χ2n) is 5.13. The standard InChI is InChI=1S/C15H18O2/c1-15(16-2)9-5-7-11-12-6-3-4-8-14(12)17-10-13(11)15/h3-8,11,13H,9-10H2,1-2H3. The molecule has 3 atom stereocenters. The molecular weight excluding hydrogens is 212 g/mol. The van der Waals surface area contributed by atoms with Crippen LogP contribution in [0.1, 0.15) is 24.8 Å². The predicted molar refractivity (Wildman–Crippen MR) is 67.3 cm³/mol. The molecule has 0 fully saturated rings. The monoisotopic (exact) mass is 230 g/mol. The Kier molecular flexibility index (Phi) is 2.48. The summed E-state index contributed by atoms with van der Waals surface area (Å²) in [5, 5.41) is 0. The lowest BCUT2D eigenvalue weighted by atomic mass is 9.70. The van der Waals surface area contributed by atoms with E-state index in [9.17, 15) is 0 Å². The molecule has 1 heterocycles. The molecule has 3 rings (SSSR count). The summed E-state index contributed by atoms with van der Waals surface area (Å²) in [4.78, 5) is 0. The first-order chi connectivity index (χ1) is 8.24. The summed E-state index contributed by atoms with van der Waals surface area (Å²) in [6.07, 6.45) is 5.52. The van der Waals surface area contributed by atoms with Crippen molar-refractivity contribution in [1.82, 2.24) is 0 Å². The highest BCUT2D eigenvalue weighted by atomic mass is 16.5. The average Bonchev–Trinajstić information content (AvgIpc) is 2.39. The first-order valence-corrected chi connectivity index (χ1v) is 6.18. The maximum absolute atomic E-state index is 5.88. The van der Waals surface area contributed by atoms with Gasteiger partial charge in [0.15, 0.2) is 0 Å². The van der Waals surface area contributed by atoms with Crippen molar-refractivity contribution in [1.29, 1.82) is 0 Å². The van der Waals surface area contributed by atoms with Gasteiger partial charge in [-0.25, -0.2) is 0 Å². The molecule has 0 amide bonds. The van der Waals surface area contributed by atoms with E-state index in [1.165, 1.54) is 5.56 Å². The van der Waals surface area contributed by atoms with Gasteiger partial charge in [-0.3, -0.25) is 0 Å². The zero-order chi connectivity index (χ0) is 11.9. The molecule has 1 aliphatic heterocycles. The minimum absolute atomic E-state index is 0.104. The third-order valence-electron chi connectivity index (χ3n) is 4.25. The fourth-order valence-corrected chi connectivity index (χ4v) is 3.02. The summed E-state index contributed by atoms with van der Waals surface area (Å²) in [6, 6.07) is 8.33. The van der Waals surface area contributed by atoms with Gasteiger partial charge >= 0.3 is 0 Å². The number of para-hydroxylation sites is 1. The Morgan fingerprint density at radius 3 is 3.00 bits per heavy atom. The van der Waals surface area contributed by atoms with Crippen molar-refractivity contribution in [3.63, 3.8) is 0 Å². The summed E-state index contributed by atoms with van der Waals surface area (Å²) < 4.78 is 11.6. The number of allylic oxidation sites excluding steroid dienone is 1. The number of methoxy groups -OCH3 is 1. The van der Waals surface area contributed by atoms with E-state index in [0.717, 1.165) is 18.8 Å². The molecule has 0 spiro atoms. The van der Waals surface area contributed by atoms with Gasteiger partial charge in [-0.15, -0.1) is 0 Å². The number of hydrogen-bond donors (Lipinski definition) is 0. The van der Waals surface area contributed by atoms with Crippen molar-refractivity contribution >= 4 is 0 Å². The summed E-state index contributed by atoms with van der Waals surface area (Å²) in [7, 11) is 1.80. The van der Waals surface area contributed by atoms with E-state index in [2.05, 4.69) is 37.3 Å². The summed E-state index contributed by atoms with van der Waals surface area (Å²) >= 11 is 0. The highest BCUT2D eigenvalue weighted by Gasteiger charge is 2.44. The zero-order valence-electron chi connectivity index (χ0n) is 10.3. The van der Waals surface area contributed by atoms with Crippen LogP contribution in [0.4, 0.5) is 0 Å². The Morgan fingerprint density at radius 2 is 2.18 bits per heavy atom. The van der Waals surface area contributed by atoms with E-state index >= 15 is 0 Å². The molecule has 0 aromatic heterocycles. The molecule has 90 valence electrons. The number of hydrogen-bond acceptors (Lipinski definition) is 2. The van der Waals surface area contributed by atoms with Gasteiger partial charge in [0.25, 0.3) is 0 Å². The number of benzene rings is 1. The Bertz CT molecular complexity index is 452. The van der Waals surface area contributed by atoms with Crippen LogP contribution in [-0.4, -0.2) is 19.3 Å². The van der Waals surface area contributed by atoms with Gasteiger partial charge in [0.2, 0.25) is 0 Å². The molecule has 0 saturated heterocycles. The van der Waals surface area contributed by atoms with Crippen LogP contribution in [-0.2, 0) is 4.74 Å². The topological polar surface area (TPSA) is 18.5 Å². The van der Waals surface area contributed by atoms with Crippen LogP contribution < -0.4 is 4.74 Å². The van der Waals surface area contributed by atoms with Crippen LogP contribution in [0, 0.1) is 5.92 Å². The van der Waals surface area contributed by atoms with Crippen molar-refractivity contribution in [2.45, 2.75) is 24.9 Å². The highest BCUT2D eigenvalue weighted by molar-refractivity contribution is 5.42. The van der Waals surface area contributed by atoms with Crippen LogP contribution in [0.5, 0.6) is 5.75 Å². The average molecular weight is 230 g/mol. The lowest BCUT2D eigenvalue weighted by molar-refractivity contribution is -0.0688. The SMILES string of the molecule is COC1(C)CC=CC2c3ccccc3OCC21. The van der Waals surface area contributed by atoms with Gasteiger partial charge in [-0.2, -0.15) is 0 Å². The second kappa shape index (κ2) is 3.88. The van der Waals surface area contributed by atoms with E-state index in [4.69, 9.17) is 9.47 Å². The van der Waals surface area contributed by atoms with Gasteiger partial charge in [-0.1, -0.05) is 30.4 Å². The molecule has 1 aromatic carbocycles. The molecular formula is C15H18O2. The predicted octanol–water partition coefficient (Wildman–Crippen LogP) is 3.14. The van der Waals surface area contributed by atoms with Gasteiger partial charge in [0.05, 0.1) is 12.2 Å². The zero-order valence-corrected chi connectivity index (χ0v) is 10.3. The number of fused-ring (bicyclic) bond motifs is 3. The molecule has 2 nitrogen and oxygen atoms in total. The van der Waals surface area contributed by atoms with Gasteiger partial charge < -0.3 is 9.47 Å². The molecule has 1 aromatic rings. The molecule has 1 aliphatic carbocycles. The number of ether oxygens (including phenoxy) is 2.